The molecular weight excluding hydrogens is 292 g/mol. The summed E-state index contributed by atoms with van der Waals surface area (Å²) in [5.41, 5.74) is 8.74. The van der Waals surface area contributed by atoms with Crippen LogP contribution in [0.1, 0.15) is 33.6 Å². The smallest absolute Gasteiger partial charge is 0.291 e. The Morgan fingerprint density at radius 2 is 2.00 bits per heavy atom. The van der Waals surface area contributed by atoms with Gasteiger partial charge in [0.2, 0.25) is 5.82 Å². The van der Waals surface area contributed by atoms with Crippen molar-refractivity contribution in [2.45, 2.75) is 19.9 Å². The first-order chi connectivity index (χ1) is 11.0. The van der Waals surface area contributed by atoms with Crippen LogP contribution in [-0.2, 0) is 0 Å². The molecule has 0 saturated heterocycles. The van der Waals surface area contributed by atoms with Gasteiger partial charge in [-0.1, -0.05) is 30.3 Å². The fraction of sp³-hybridized carbons (Fsp3) is 0.250. The molecule has 0 aliphatic rings. The second-order valence-corrected chi connectivity index (χ2v) is 5.41. The summed E-state index contributed by atoms with van der Waals surface area (Å²) in [6, 6.07) is 11.2. The van der Waals surface area contributed by atoms with Gasteiger partial charge in [-0.25, -0.2) is 9.50 Å². The summed E-state index contributed by atoms with van der Waals surface area (Å²) in [4.78, 5) is 20.7. The molecule has 1 atom stereocenters. The lowest BCUT2D eigenvalue weighted by Crippen LogP contribution is -2.32. The summed E-state index contributed by atoms with van der Waals surface area (Å²) in [7, 11) is 0. The van der Waals surface area contributed by atoms with E-state index in [0.29, 0.717) is 12.3 Å². The highest BCUT2D eigenvalue weighted by Gasteiger charge is 2.16. The first-order valence-electron chi connectivity index (χ1n) is 7.34. The van der Waals surface area contributed by atoms with E-state index in [4.69, 9.17) is 5.73 Å². The highest BCUT2D eigenvalue weighted by Crippen LogP contribution is 2.09. The van der Waals surface area contributed by atoms with Gasteiger partial charge < -0.3 is 11.1 Å². The van der Waals surface area contributed by atoms with Crippen molar-refractivity contribution in [1.82, 2.24) is 24.9 Å². The van der Waals surface area contributed by atoms with Crippen LogP contribution in [0.4, 0.5) is 0 Å². The molecule has 2 aromatic heterocycles. The zero-order valence-electron chi connectivity index (χ0n) is 13.0. The molecule has 7 heteroatoms. The molecule has 3 rings (SSSR count). The molecule has 0 aliphatic heterocycles. The highest BCUT2D eigenvalue weighted by molar-refractivity contribution is 5.90. The Labute approximate surface area is 133 Å². The fourth-order valence-electron chi connectivity index (χ4n) is 2.36. The Hall–Kier alpha value is -2.80. The maximum absolute atomic E-state index is 12.2. The minimum absolute atomic E-state index is 0.0893. The van der Waals surface area contributed by atoms with Crippen molar-refractivity contribution in [3.63, 3.8) is 0 Å². The lowest BCUT2D eigenvalue weighted by atomic mass is 10.1. The number of hydrogen-bond acceptors (Lipinski definition) is 5. The van der Waals surface area contributed by atoms with E-state index in [1.165, 1.54) is 0 Å². The van der Waals surface area contributed by atoms with E-state index in [1.807, 2.05) is 50.2 Å². The van der Waals surface area contributed by atoms with Crippen LogP contribution in [0.5, 0.6) is 0 Å². The number of rotatable bonds is 4. The maximum atomic E-state index is 12.2. The third-order valence-corrected chi connectivity index (χ3v) is 3.53. The Bertz CT molecular complexity index is 842. The molecule has 0 bridgehead atoms. The zero-order valence-corrected chi connectivity index (χ0v) is 13.0. The van der Waals surface area contributed by atoms with Crippen molar-refractivity contribution in [3.8, 4) is 0 Å². The van der Waals surface area contributed by atoms with Crippen LogP contribution in [0, 0.1) is 13.8 Å². The number of nitrogens with zero attached hydrogens (tertiary/aromatic N) is 4. The first-order valence-corrected chi connectivity index (χ1v) is 7.34. The summed E-state index contributed by atoms with van der Waals surface area (Å²) in [6.45, 7) is 4.08. The van der Waals surface area contributed by atoms with E-state index in [9.17, 15) is 4.79 Å². The van der Waals surface area contributed by atoms with E-state index in [0.717, 1.165) is 17.0 Å². The van der Waals surface area contributed by atoms with E-state index < -0.39 is 0 Å². The third kappa shape index (κ3) is 3.19. The van der Waals surface area contributed by atoms with E-state index in [-0.39, 0.29) is 17.8 Å². The van der Waals surface area contributed by atoms with Gasteiger partial charge in [-0.15, -0.1) is 5.10 Å². The molecule has 2 heterocycles. The molecule has 3 aromatic rings. The van der Waals surface area contributed by atoms with Crippen LogP contribution in [0.3, 0.4) is 0 Å². The molecule has 0 spiro atoms. The van der Waals surface area contributed by atoms with Gasteiger partial charge in [0, 0.05) is 24.0 Å². The van der Waals surface area contributed by atoms with Crippen molar-refractivity contribution >= 4 is 11.7 Å². The predicted octanol–water partition coefficient (Wildman–Crippen LogP) is 1.17. The average Bonchev–Trinajstić information content (AvgIpc) is 2.97. The largest absolute Gasteiger partial charge is 0.347 e. The summed E-state index contributed by atoms with van der Waals surface area (Å²) >= 11 is 0. The number of amides is 1. The maximum Gasteiger partial charge on any atom is 0.291 e. The number of nitrogens with one attached hydrogen (secondary N) is 1. The third-order valence-electron chi connectivity index (χ3n) is 3.53. The molecule has 1 aromatic carbocycles. The van der Waals surface area contributed by atoms with Crippen molar-refractivity contribution in [2.24, 2.45) is 5.73 Å². The molecule has 0 saturated carbocycles. The summed E-state index contributed by atoms with van der Waals surface area (Å²) in [5.74, 6) is 0.144. The van der Waals surface area contributed by atoms with Crippen LogP contribution < -0.4 is 11.1 Å². The Balaban J connectivity index is 1.72. The molecule has 7 nitrogen and oxygen atoms in total. The van der Waals surface area contributed by atoms with Gasteiger partial charge in [-0.2, -0.15) is 4.98 Å². The minimum atomic E-state index is -0.362. The first kappa shape index (κ1) is 15.1. The van der Waals surface area contributed by atoms with Gasteiger partial charge in [0.15, 0.2) is 0 Å². The van der Waals surface area contributed by atoms with Crippen molar-refractivity contribution in [2.75, 3.05) is 6.54 Å². The lowest BCUT2D eigenvalue weighted by Gasteiger charge is -2.12. The Morgan fingerprint density at radius 3 is 2.74 bits per heavy atom. The van der Waals surface area contributed by atoms with Gasteiger partial charge in [-0.3, -0.25) is 4.79 Å². The summed E-state index contributed by atoms with van der Waals surface area (Å²) < 4.78 is 1.55. The molecule has 0 aliphatic carbocycles. The van der Waals surface area contributed by atoms with E-state index in [2.05, 4.69) is 20.4 Å². The number of carbonyl (C=O) groups excluding carboxylic acids is 1. The zero-order chi connectivity index (χ0) is 16.4. The van der Waals surface area contributed by atoms with Crippen LogP contribution in [0.2, 0.25) is 0 Å². The van der Waals surface area contributed by atoms with Gasteiger partial charge >= 0.3 is 0 Å². The molecule has 3 N–H and O–H groups in total. The number of aryl methyl sites for hydroxylation is 2. The topological polar surface area (TPSA) is 98.2 Å². The molecule has 1 amide bonds. The summed E-state index contributed by atoms with van der Waals surface area (Å²) in [5, 5.41) is 6.96. The van der Waals surface area contributed by atoms with Gasteiger partial charge in [0.05, 0.1) is 0 Å². The normalized spacial score (nSPS) is 12.3. The fourth-order valence-corrected chi connectivity index (χ4v) is 2.36. The quantitative estimate of drug-likeness (QED) is 0.754. The number of benzene rings is 1. The second kappa shape index (κ2) is 6.13. The van der Waals surface area contributed by atoms with Crippen LogP contribution in [0.25, 0.3) is 5.78 Å². The molecule has 0 radical (unpaired) electrons. The Morgan fingerprint density at radius 1 is 1.26 bits per heavy atom. The van der Waals surface area contributed by atoms with Gasteiger partial charge in [0.25, 0.3) is 11.7 Å². The molecular formula is C16H18N6O. The average molecular weight is 310 g/mol. The second-order valence-electron chi connectivity index (χ2n) is 5.41. The van der Waals surface area contributed by atoms with Gasteiger partial charge in [-0.05, 0) is 25.5 Å². The highest BCUT2D eigenvalue weighted by atomic mass is 16.2. The van der Waals surface area contributed by atoms with Crippen LogP contribution in [-0.4, -0.2) is 32.0 Å². The SMILES string of the molecule is Cc1cc(C)n2nc(C(=O)NCC(N)c3ccccc3)nc2n1. The van der Waals surface area contributed by atoms with E-state index >= 15 is 0 Å². The molecule has 118 valence electrons. The van der Waals surface area contributed by atoms with Crippen molar-refractivity contribution in [1.29, 1.82) is 0 Å². The number of aromatic nitrogens is 4. The molecule has 23 heavy (non-hydrogen) atoms. The molecule has 1 unspecified atom stereocenters. The van der Waals surface area contributed by atoms with E-state index in [1.54, 1.807) is 4.52 Å². The predicted molar refractivity (Wildman–Crippen MR) is 86.0 cm³/mol. The van der Waals surface area contributed by atoms with Crippen LogP contribution >= 0.6 is 0 Å². The van der Waals surface area contributed by atoms with Gasteiger partial charge in [0.1, 0.15) is 0 Å². The summed E-state index contributed by atoms with van der Waals surface area (Å²) in [6.07, 6.45) is 0. The number of hydrogen-bond donors (Lipinski definition) is 2. The van der Waals surface area contributed by atoms with Crippen molar-refractivity contribution < 1.29 is 4.79 Å². The number of carbonyl (C=O) groups is 1. The monoisotopic (exact) mass is 310 g/mol. The lowest BCUT2D eigenvalue weighted by molar-refractivity contribution is 0.0941. The van der Waals surface area contributed by atoms with Crippen molar-refractivity contribution in [3.05, 3.63) is 59.2 Å². The minimum Gasteiger partial charge on any atom is -0.347 e. The number of nitrogens with two attached hydrogens (primary N) is 1. The molecule has 0 fully saturated rings. The number of fused-ring (bicyclic) bond motifs is 1. The standard InChI is InChI=1S/C16H18N6O/c1-10-8-11(2)22-16(19-10)20-14(21-22)15(23)18-9-13(17)12-6-4-3-5-7-12/h3-8,13H,9,17H2,1-2H3,(H,18,23). The van der Waals surface area contributed by atoms with Crippen LogP contribution in [0.15, 0.2) is 36.4 Å². The Kier molecular flexibility index (Phi) is 4.03.